The summed E-state index contributed by atoms with van der Waals surface area (Å²) in [5, 5.41) is 13.8. The third-order valence-electron chi connectivity index (χ3n) is 2.08. The molecule has 2 N–H and O–H groups in total. The molecule has 1 aromatic carbocycles. The first-order chi connectivity index (χ1) is 6.76. The van der Waals surface area contributed by atoms with Crippen LogP contribution in [0.2, 0.25) is 0 Å². The maximum atomic E-state index is 11.2. The number of nitrogens with one attached hydrogen (secondary N) is 1. The lowest BCUT2D eigenvalue weighted by Crippen LogP contribution is -2.41. The van der Waals surface area contributed by atoms with E-state index in [0.717, 1.165) is 5.56 Å². The molecule has 1 unspecified atom stereocenters. The molecule has 72 valence electrons. The lowest BCUT2D eigenvalue weighted by Gasteiger charge is -2.24. The van der Waals surface area contributed by atoms with E-state index in [4.69, 9.17) is 0 Å². The van der Waals surface area contributed by atoms with E-state index < -0.39 is 10.8 Å². The van der Waals surface area contributed by atoms with E-state index in [2.05, 4.69) is 5.32 Å². The van der Waals surface area contributed by atoms with Gasteiger partial charge in [-0.25, -0.2) is 4.79 Å². The fourth-order valence-electron chi connectivity index (χ4n) is 1.38. The molecule has 1 atom stereocenters. The predicted octanol–water partition coefficient (Wildman–Crippen LogP) is 1.73. The third kappa shape index (κ3) is 1.28. The number of rotatable bonds is 2. The predicted molar refractivity (Wildman–Crippen MR) is 55.6 cm³/mol. The second kappa shape index (κ2) is 3.38. The molecule has 0 bridgehead atoms. The van der Waals surface area contributed by atoms with E-state index in [1.165, 1.54) is 11.8 Å². The molecule has 0 saturated carbocycles. The summed E-state index contributed by atoms with van der Waals surface area (Å²) < 4.78 is 0. The molecule has 0 aromatic heterocycles. The lowest BCUT2D eigenvalue weighted by molar-refractivity contribution is -0.140. The molecule has 0 fully saturated rings. The van der Waals surface area contributed by atoms with Crippen LogP contribution in [0.3, 0.4) is 0 Å². The molecule has 1 aromatic rings. The molecule has 4 heteroatoms. The molecule has 14 heavy (non-hydrogen) atoms. The average molecular weight is 207 g/mol. The zero-order chi connectivity index (χ0) is 10.0. The quantitative estimate of drug-likeness (QED) is 0.775. The second-order valence-electron chi connectivity index (χ2n) is 2.92. The lowest BCUT2D eigenvalue weighted by atomic mass is 10.1. The summed E-state index contributed by atoms with van der Waals surface area (Å²) in [5.74, 6) is -0.876. The van der Waals surface area contributed by atoms with Crippen LogP contribution in [0.5, 0.6) is 0 Å². The van der Waals surface area contributed by atoms with Gasteiger partial charge in [0.15, 0.2) is 0 Å². The van der Waals surface area contributed by atoms with Gasteiger partial charge in [-0.05, 0) is 11.0 Å². The highest BCUT2D eigenvalue weighted by molar-refractivity contribution is 8.03. The van der Waals surface area contributed by atoms with E-state index in [9.17, 15) is 9.90 Å². The van der Waals surface area contributed by atoms with Gasteiger partial charge < -0.3 is 10.4 Å². The number of carboxylic acids is 1. The summed E-state index contributed by atoms with van der Waals surface area (Å²) in [7, 11) is 0. The van der Waals surface area contributed by atoms with Crippen LogP contribution in [0.4, 0.5) is 0 Å². The zero-order valence-corrected chi connectivity index (χ0v) is 8.12. The summed E-state index contributed by atoms with van der Waals surface area (Å²) in [6, 6.07) is 9.15. The van der Waals surface area contributed by atoms with Crippen LogP contribution < -0.4 is 5.32 Å². The van der Waals surface area contributed by atoms with E-state index in [1.54, 1.807) is 23.7 Å². The maximum absolute atomic E-state index is 11.2. The van der Waals surface area contributed by atoms with Crippen LogP contribution in [-0.4, -0.2) is 11.1 Å². The minimum absolute atomic E-state index is 0.752. The van der Waals surface area contributed by atoms with Gasteiger partial charge in [-0.15, -0.1) is 0 Å². The van der Waals surface area contributed by atoms with Crippen LogP contribution in [0.25, 0.3) is 0 Å². The van der Waals surface area contributed by atoms with Gasteiger partial charge in [0.2, 0.25) is 4.87 Å². The first-order valence-corrected chi connectivity index (χ1v) is 5.03. The fourth-order valence-corrected chi connectivity index (χ4v) is 2.23. The highest BCUT2D eigenvalue weighted by atomic mass is 32.2. The summed E-state index contributed by atoms with van der Waals surface area (Å²) in [4.78, 5) is 10.2. The number of carboxylic acid groups (broad SMARTS) is 1. The number of carbonyl (C=O) groups is 1. The van der Waals surface area contributed by atoms with Crippen LogP contribution in [-0.2, 0) is 9.67 Å². The van der Waals surface area contributed by atoms with Gasteiger partial charge in [0.25, 0.3) is 0 Å². The molecule has 0 spiro atoms. The van der Waals surface area contributed by atoms with E-state index in [1.807, 2.05) is 18.2 Å². The summed E-state index contributed by atoms with van der Waals surface area (Å²) in [6.45, 7) is 0. The van der Waals surface area contributed by atoms with Gasteiger partial charge in [0.1, 0.15) is 0 Å². The second-order valence-corrected chi connectivity index (χ2v) is 4.04. The maximum Gasteiger partial charge on any atom is 0.345 e. The van der Waals surface area contributed by atoms with Gasteiger partial charge in [0.05, 0.1) is 0 Å². The average Bonchev–Trinajstić information content (AvgIpc) is 2.69. The monoisotopic (exact) mass is 207 g/mol. The Morgan fingerprint density at radius 3 is 2.57 bits per heavy atom. The van der Waals surface area contributed by atoms with Crippen LogP contribution in [0.1, 0.15) is 5.56 Å². The van der Waals surface area contributed by atoms with Crippen molar-refractivity contribution in [3.8, 4) is 0 Å². The Hall–Kier alpha value is -1.42. The third-order valence-corrected chi connectivity index (χ3v) is 3.23. The van der Waals surface area contributed by atoms with Crippen molar-refractivity contribution < 1.29 is 9.90 Å². The molecule has 3 nitrogen and oxygen atoms in total. The standard InChI is InChI=1S/C10H9NO2S/c12-9(13)10(11-6-7-14-10)8-4-2-1-3-5-8/h1-7,11H,(H,12,13). The molecule has 1 aliphatic heterocycles. The van der Waals surface area contributed by atoms with E-state index >= 15 is 0 Å². The molecule has 1 heterocycles. The molecule has 0 saturated heterocycles. The van der Waals surface area contributed by atoms with Crippen LogP contribution in [0, 0.1) is 0 Å². The molecule has 1 aliphatic rings. The Labute approximate surface area is 85.8 Å². The van der Waals surface area contributed by atoms with Crippen molar-refractivity contribution in [2.24, 2.45) is 0 Å². The summed E-state index contributed by atoms with van der Waals surface area (Å²) in [6.07, 6.45) is 1.66. The Bertz CT molecular complexity index is 367. The van der Waals surface area contributed by atoms with Crippen molar-refractivity contribution in [1.29, 1.82) is 0 Å². The number of hydrogen-bond acceptors (Lipinski definition) is 3. The topological polar surface area (TPSA) is 49.3 Å². The zero-order valence-electron chi connectivity index (χ0n) is 7.31. The molecular weight excluding hydrogens is 198 g/mol. The number of aliphatic carboxylic acids is 1. The van der Waals surface area contributed by atoms with Crippen LogP contribution >= 0.6 is 11.8 Å². The minimum Gasteiger partial charge on any atom is -0.479 e. The SMILES string of the molecule is O=C(O)C1(c2ccccc2)NC=CS1. The van der Waals surface area contributed by atoms with Crippen molar-refractivity contribution >= 4 is 17.7 Å². The highest BCUT2D eigenvalue weighted by Crippen LogP contribution is 2.38. The highest BCUT2D eigenvalue weighted by Gasteiger charge is 2.41. The summed E-state index contributed by atoms with van der Waals surface area (Å²) >= 11 is 1.26. The fraction of sp³-hybridized carbons (Fsp3) is 0.100. The van der Waals surface area contributed by atoms with Crippen LogP contribution in [0.15, 0.2) is 41.9 Å². The molecule has 2 rings (SSSR count). The Morgan fingerprint density at radius 2 is 2.07 bits per heavy atom. The minimum atomic E-state index is -1.04. The van der Waals surface area contributed by atoms with Gasteiger partial charge in [-0.3, -0.25) is 0 Å². The van der Waals surface area contributed by atoms with Gasteiger partial charge in [-0.1, -0.05) is 42.1 Å². The Kier molecular flexibility index (Phi) is 2.21. The Morgan fingerprint density at radius 1 is 1.36 bits per heavy atom. The molecule has 0 aliphatic carbocycles. The number of benzene rings is 1. The molecular formula is C10H9NO2S. The number of thioether (sulfide) groups is 1. The largest absolute Gasteiger partial charge is 0.479 e. The molecule has 0 radical (unpaired) electrons. The normalized spacial score (nSPS) is 24.6. The molecule has 0 amide bonds. The smallest absolute Gasteiger partial charge is 0.345 e. The van der Waals surface area contributed by atoms with Gasteiger partial charge in [-0.2, -0.15) is 0 Å². The van der Waals surface area contributed by atoms with Crippen molar-refractivity contribution in [3.05, 3.63) is 47.5 Å². The van der Waals surface area contributed by atoms with Crippen molar-refractivity contribution in [2.45, 2.75) is 4.87 Å². The first kappa shape index (κ1) is 9.15. The Balaban J connectivity index is 2.43. The van der Waals surface area contributed by atoms with Gasteiger partial charge >= 0.3 is 5.97 Å². The van der Waals surface area contributed by atoms with Crippen molar-refractivity contribution in [1.82, 2.24) is 5.32 Å². The van der Waals surface area contributed by atoms with Gasteiger partial charge in [0, 0.05) is 6.20 Å². The van der Waals surface area contributed by atoms with E-state index in [-0.39, 0.29) is 0 Å². The van der Waals surface area contributed by atoms with Crippen molar-refractivity contribution in [2.75, 3.05) is 0 Å². The summed E-state index contributed by atoms with van der Waals surface area (Å²) in [5.41, 5.74) is 0.752. The van der Waals surface area contributed by atoms with Crippen molar-refractivity contribution in [3.63, 3.8) is 0 Å². The first-order valence-electron chi connectivity index (χ1n) is 4.15. The number of hydrogen-bond donors (Lipinski definition) is 2. The van der Waals surface area contributed by atoms with E-state index in [0.29, 0.717) is 0 Å².